The van der Waals surface area contributed by atoms with Crippen molar-refractivity contribution in [3.05, 3.63) is 27.7 Å². The topological polar surface area (TPSA) is 46.1 Å². The Morgan fingerprint density at radius 1 is 1.44 bits per heavy atom. The summed E-state index contributed by atoms with van der Waals surface area (Å²) in [6.45, 7) is 3.06. The van der Waals surface area contributed by atoms with Crippen LogP contribution in [0, 0.1) is 0 Å². The van der Waals surface area contributed by atoms with Gasteiger partial charge in [-0.1, -0.05) is 23.2 Å². The van der Waals surface area contributed by atoms with Gasteiger partial charge in [0.25, 0.3) is 0 Å². The molecule has 3 N–H and O–H groups in total. The maximum absolute atomic E-state index is 9.15. The predicted molar refractivity (Wildman–Crippen MR) is 65.2 cm³/mol. The lowest BCUT2D eigenvalue weighted by Gasteiger charge is -2.10. The van der Waals surface area contributed by atoms with Gasteiger partial charge in [-0.25, -0.2) is 0 Å². The van der Waals surface area contributed by atoms with Gasteiger partial charge in [0.15, 0.2) is 0 Å². The Bertz CT molecular complexity index is 356. The van der Waals surface area contributed by atoms with Crippen molar-refractivity contribution in [3.8, 4) is 5.75 Å². The second-order valence-corrected chi connectivity index (χ2v) is 4.50. The van der Waals surface area contributed by atoms with E-state index in [0.717, 1.165) is 5.56 Å². The summed E-state index contributed by atoms with van der Waals surface area (Å²) in [4.78, 5) is 0. The van der Waals surface area contributed by atoms with Crippen molar-refractivity contribution in [2.24, 2.45) is 0 Å². The van der Waals surface area contributed by atoms with Crippen LogP contribution >= 0.6 is 23.2 Å². The molecular weight excluding hydrogens is 249 g/mol. The molecule has 0 bridgehead atoms. The largest absolute Gasteiger partial charge is 0.495 e. The van der Waals surface area contributed by atoms with Gasteiger partial charge in [-0.3, -0.25) is 0 Å². The Morgan fingerprint density at radius 2 is 2.12 bits per heavy atom. The third-order valence-corrected chi connectivity index (χ3v) is 2.66. The number of aliphatic hydroxyl groups is 1. The molecule has 1 atom stereocenters. The fourth-order valence-corrected chi connectivity index (χ4v) is 2.09. The van der Waals surface area contributed by atoms with Crippen LogP contribution in [0.2, 0.25) is 10.0 Å². The van der Waals surface area contributed by atoms with Crippen LogP contribution in [0.15, 0.2) is 12.1 Å². The highest BCUT2D eigenvalue weighted by atomic mass is 35.5. The average Bonchev–Trinajstić information content (AvgIpc) is 2.16. The molecule has 0 radical (unpaired) electrons. The Kier molecular flexibility index (Phi) is 5.35. The van der Waals surface area contributed by atoms with E-state index >= 15 is 0 Å². The number of aliphatic hydroxyl groups excluding tert-OH is 1. The molecular formula is C11H16Cl2NO2+. The zero-order valence-electron chi connectivity index (χ0n) is 9.34. The SMILES string of the molecule is COc1c(Cl)cc(Cl)cc1C[NH2+]C[C@@H](C)O. The van der Waals surface area contributed by atoms with E-state index in [4.69, 9.17) is 33.0 Å². The highest BCUT2D eigenvalue weighted by Crippen LogP contribution is 2.31. The van der Waals surface area contributed by atoms with Crippen LogP contribution in [-0.2, 0) is 6.54 Å². The van der Waals surface area contributed by atoms with Crippen molar-refractivity contribution in [1.82, 2.24) is 0 Å². The minimum Gasteiger partial charge on any atom is -0.495 e. The lowest BCUT2D eigenvalue weighted by molar-refractivity contribution is -0.676. The van der Waals surface area contributed by atoms with Gasteiger partial charge in [-0.05, 0) is 19.1 Å². The molecule has 0 aliphatic heterocycles. The first-order valence-corrected chi connectivity index (χ1v) is 5.81. The molecule has 0 aliphatic rings. The maximum atomic E-state index is 9.15. The van der Waals surface area contributed by atoms with E-state index in [0.29, 0.717) is 28.9 Å². The first kappa shape index (κ1) is 13.6. The molecule has 0 spiro atoms. The summed E-state index contributed by atoms with van der Waals surface area (Å²) in [6, 6.07) is 3.48. The highest BCUT2D eigenvalue weighted by Gasteiger charge is 2.11. The number of quaternary nitrogens is 1. The van der Waals surface area contributed by atoms with E-state index < -0.39 is 0 Å². The van der Waals surface area contributed by atoms with Gasteiger partial charge in [-0.2, -0.15) is 0 Å². The zero-order valence-corrected chi connectivity index (χ0v) is 10.8. The lowest BCUT2D eigenvalue weighted by atomic mass is 10.2. The van der Waals surface area contributed by atoms with Crippen LogP contribution in [0.25, 0.3) is 0 Å². The van der Waals surface area contributed by atoms with Crippen molar-refractivity contribution in [2.45, 2.75) is 19.6 Å². The Hall–Kier alpha value is -0.480. The molecule has 0 saturated heterocycles. The summed E-state index contributed by atoms with van der Waals surface area (Å²) in [5, 5.41) is 12.2. The summed E-state index contributed by atoms with van der Waals surface area (Å²) < 4.78 is 5.22. The Balaban J connectivity index is 2.77. The van der Waals surface area contributed by atoms with Gasteiger partial charge in [-0.15, -0.1) is 0 Å². The molecule has 0 aliphatic carbocycles. The summed E-state index contributed by atoms with van der Waals surface area (Å²) in [5.41, 5.74) is 0.931. The number of rotatable bonds is 5. The summed E-state index contributed by atoms with van der Waals surface area (Å²) in [5.74, 6) is 0.646. The van der Waals surface area contributed by atoms with Crippen molar-refractivity contribution in [3.63, 3.8) is 0 Å². The monoisotopic (exact) mass is 264 g/mol. The quantitative estimate of drug-likeness (QED) is 0.846. The fourth-order valence-electron chi connectivity index (χ4n) is 1.47. The zero-order chi connectivity index (χ0) is 12.1. The Labute approximate surface area is 105 Å². The molecule has 0 saturated carbocycles. The predicted octanol–water partition coefficient (Wildman–Crippen LogP) is 1.45. The maximum Gasteiger partial charge on any atom is 0.146 e. The van der Waals surface area contributed by atoms with Crippen LogP contribution in [0.5, 0.6) is 5.75 Å². The van der Waals surface area contributed by atoms with Crippen LogP contribution in [0.1, 0.15) is 12.5 Å². The van der Waals surface area contributed by atoms with E-state index in [9.17, 15) is 0 Å². The number of hydrogen-bond acceptors (Lipinski definition) is 2. The van der Waals surface area contributed by atoms with E-state index in [-0.39, 0.29) is 6.10 Å². The first-order chi connectivity index (χ1) is 7.54. The molecule has 0 heterocycles. The molecule has 5 heteroatoms. The second-order valence-electron chi connectivity index (χ2n) is 3.66. The van der Waals surface area contributed by atoms with E-state index in [1.807, 2.05) is 11.4 Å². The smallest absolute Gasteiger partial charge is 0.146 e. The fraction of sp³-hybridized carbons (Fsp3) is 0.455. The molecule has 1 aromatic rings. The third kappa shape index (κ3) is 3.83. The molecule has 1 aromatic carbocycles. The van der Waals surface area contributed by atoms with Crippen molar-refractivity contribution < 1.29 is 15.2 Å². The standard InChI is InChI=1S/C11H15Cl2NO2/c1-7(15)5-14-6-8-3-9(12)4-10(13)11(8)16-2/h3-4,7,14-15H,5-6H2,1-2H3/p+1/t7-/m1/s1. The number of nitrogens with two attached hydrogens (primary N) is 1. The second kappa shape index (κ2) is 6.30. The minimum absolute atomic E-state index is 0.333. The molecule has 0 amide bonds. The molecule has 3 nitrogen and oxygen atoms in total. The van der Waals surface area contributed by atoms with E-state index in [1.165, 1.54) is 0 Å². The van der Waals surface area contributed by atoms with Crippen LogP contribution < -0.4 is 10.1 Å². The number of ether oxygens (including phenoxy) is 1. The van der Waals surface area contributed by atoms with Crippen LogP contribution in [0.4, 0.5) is 0 Å². The average molecular weight is 265 g/mol. The molecule has 1 rings (SSSR count). The third-order valence-electron chi connectivity index (χ3n) is 2.16. The number of methoxy groups -OCH3 is 1. The van der Waals surface area contributed by atoms with Crippen molar-refractivity contribution >= 4 is 23.2 Å². The minimum atomic E-state index is -0.333. The first-order valence-electron chi connectivity index (χ1n) is 5.06. The number of halogens is 2. The summed E-state index contributed by atoms with van der Waals surface area (Å²) >= 11 is 11.9. The summed E-state index contributed by atoms with van der Waals surface area (Å²) in [7, 11) is 1.58. The van der Waals surface area contributed by atoms with Gasteiger partial charge in [0, 0.05) is 5.02 Å². The van der Waals surface area contributed by atoms with Crippen LogP contribution in [-0.4, -0.2) is 24.9 Å². The molecule has 90 valence electrons. The van der Waals surface area contributed by atoms with E-state index in [2.05, 4.69) is 0 Å². The van der Waals surface area contributed by atoms with Gasteiger partial charge in [0.1, 0.15) is 18.8 Å². The van der Waals surface area contributed by atoms with Gasteiger partial charge >= 0.3 is 0 Å². The molecule has 0 aromatic heterocycles. The molecule has 0 fully saturated rings. The van der Waals surface area contributed by atoms with Gasteiger partial charge in [0.2, 0.25) is 0 Å². The number of hydrogen-bond donors (Lipinski definition) is 2. The lowest BCUT2D eigenvalue weighted by Crippen LogP contribution is -2.84. The Morgan fingerprint density at radius 3 is 2.69 bits per heavy atom. The highest BCUT2D eigenvalue weighted by molar-refractivity contribution is 6.35. The van der Waals surface area contributed by atoms with Crippen molar-refractivity contribution in [2.75, 3.05) is 13.7 Å². The molecule has 16 heavy (non-hydrogen) atoms. The number of benzene rings is 1. The van der Waals surface area contributed by atoms with Gasteiger partial charge < -0.3 is 15.2 Å². The van der Waals surface area contributed by atoms with Gasteiger partial charge in [0.05, 0.1) is 23.8 Å². The van der Waals surface area contributed by atoms with Crippen LogP contribution in [0.3, 0.4) is 0 Å². The molecule has 0 unspecified atom stereocenters. The van der Waals surface area contributed by atoms with E-state index in [1.54, 1.807) is 20.1 Å². The van der Waals surface area contributed by atoms with Crippen molar-refractivity contribution in [1.29, 1.82) is 0 Å². The normalized spacial score (nSPS) is 12.6. The summed E-state index contributed by atoms with van der Waals surface area (Å²) in [6.07, 6.45) is -0.333.